The van der Waals surface area contributed by atoms with Crippen LogP contribution in [-0.4, -0.2) is 21.1 Å². The standard InChI is InChI=1S/C25H30O4/c1-17(2)5-4-6-18(3)7-11-20-15-22(25(29)16-24(20)28)23(27)14-10-19-8-12-21(26)13-9-19/h5,7-9,12-13,15-16,26,28-29H,4,6,10-11,14H2,1-3H3/b18-7+. The van der Waals surface area contributed by atoms with E-state index in [-0.39, 0.29) is 35.0 Å². The first kappa shape index (κ1) is 22.3. The van der Waals surface area contributed by atoms with Crippen LogP contribution < -0.4 is 0 Å². The number of carbonyl (C=O) groups is 1. The van der Waals surface area contributed by atoms with Crippen molar-refractivity contribution in [3.63, 3.8) is 0 Å². The third-order valence-electron chi connectivity index (χ3n) is 4.84. The molecule has 3 N–H and O–H groups in total. The first-order chi connectivity index (χ1) is 13.8. The lowest BCUT2D eigenvalue weighted by Gasteiger charge is -2.09. The van der Waals surface area contributed by atoms with Crippen molar-refractivity contribution in [1.29, 1.82) is 0 Å². The van der Waals surface area contributed by atoms with Gasteiger partial charge in [0.05, 0.1) is 5.56 Å². The number of aromatic hydroxyl groups is 3. The number of hydrogen-bond donors (Lipinski definition) is 3. The van der Waals surface area contributed by atoms with E-state index < -0.39 is 0 Å². The van der Waals surface area contributed by atoms with Gasteiger partial charge < -0.3 is 15.3 Å². The fourth-order valence-corrected chi connectivity index (χ4v) is 3.04. The Balaban J connectivity index is 2.06. The highest BCUT2D eigenvalue weighted by Crippen LogP contribution is 2.29. The molecule has 0 radical (unpaired) electrons. The molecule has 2 rings (SSSR count). The van der Waals surface area contributed by atoms with Crippen molar-refractivity contribution in [2.75, 3.05) is 0 Å². The minimum Gasteiger partial charge on any atom is -0.508 e. The summed E-state index contributed by atoms with van der Waals surface area (Å²) in [7, 11) is 0. The lowest BCUT2D eigenvalue weighted by molar-refractivity contribution is 0.0980. The van der Waals surface area contributed by atoms with Crippen LogP contribution >= 0.6 is 0 Å². The van der Waals surface area contributed by atoms with Crippen LogP contribution in [0.4, 0.5) is 0 Å². The Morgan fingerprint density at radius 2 is 1.59 bits per heavy atom. The molecule has 0 aliphatic carbocycles. The normalized spacial score (nSPS) is 11.3. The van der Waals surface area contributed by atoms with E-state index in [4.69, 9.17) is 0 Å². The first-order valence-corrected chi connectivity index (χ1v) is 9.91. The second kappa shape index (κ2) is 10.5. The Morgan fingerprint density at radius 3 is 2.24 bits per heavy atom. The maximum atomic E-state index is 12.6. The molecule has 29 heavy (non-hydrogen) atoms. The maximum absolute atomic E-state index is 12.6. The van der Waals surface area contributed by atoms with E-state index in [0.717, 1.165) is 18.4 Å². The highest BCUT2D eigenvalue weighted by Gasteiger charge is 2.15. The molecule has 0 atom stereocenters. The monoisotopic (exact) mass is 394 g/mol. The number of ketones is 1. The van der Waals surface area contributed by atoms with E-state index in [9.17, 15) is 20.1 Å². The molecule has 2 aromatic carbocycles. The number of hydrogen-bond acceptors (Lipinski definition) is 4. The van der Waals surface area contributed by atoms with Crippen molar-refractivity contribution in [1.82, 2.24) is 0 Å². The summed E-state index contributed by atoms with van der Waals surface area (Å²) < 4.78 is 0. The molecule has 0 bridgehead atoms. The Bertz CT molecular complexity index is 901. The van der Waals surface area contributed by atoms with Crippen molar-refractivity contribution in [3.8, 4) is 17.2 Å². The third kappa shape index (κ3) is 7.15. The average molecular weight is 395 g/mol. The van der Waals surface area contributed by atoms with Crippen LogP contribution in [0.1, 0.15) is 61.5 Å². The molecule has 0 amide bonds. The van der Waals surface area contributed by atoms with Gasteiger partial charge in [-0.25, -0.2) is 0 Å². The third-order valence-corrected chi connectivity index (χ3v) is 4.84. The molecule has 0 fully saturated rings. The van der Waals surface area contributed by atoms with Crippen LogP contribution in [-0.2, 0) is 12.8 Å². The highest BCUT2D eigenvalue weighted by molar-refractivity contribution is 5.99. The minimum absolute atomic E-state index is 0.00840. The molecule has 0 aromatic heterocycles. The lowest BCUT2D eigenvalue weighted by atomic mass is 9.98. The van der Waals surface area contributed by atoms with Gasteiger partial charge in [-0.15, -0.1) is 0 Å². The Morgan fingerprint density at radius 1 is 0.897 bits per heavy atom. The SMILES string of the molecule is CC(C)=CCC/C(C)=C/Cc1cc(C(=O)CCc2ccc(O)cc2)c(O)cc1O. The molecular formula is C25H30O4. The van der Waals surface area contributed by atoms with Gasteiger partial charge in [-0.3, -0.25) is 4.79 Å². The van der Waals surface area contributed by atoms with Crippen molar-refractivity contribution in [3.05, 3.63) is 76.4 Å². The Kier molecular flexibility index (Phi) is 8.08. The summed E-state index contributed by atoms with van der Waals surface area (Å²) in [4.78, 5) is 12.6. The average Bonchev–Trinajstić information content (AvgIpc) is 2.66. The summed E-state index contributed by atoms with van der Waals surface area (Å²) in [5.74, 6) is -0.205. The molecular weight excluding hydrogens is 364 g/mol. The largest absolute Gasteiger partial charge is 0.508 e. The number of phenols is 3. The van der Waals surface area contributed by atoms with Gasteiger partial charge in [-0.05, 0) is 75.8 Å². The van der Waals surface area contributed by atoms with Crippen LogP contribution in [0.15, 0.2) is 59.7 Å². The molecule has 0 heterocycles. The van der Waals surface area contributed by atoms with E-state index in [0.29, 0.717) is 18.4 Å². The van der Waals surface area contributed by atoms with E-state index in [1.807, 2.05) is 0 Å². The van der Waals surface area contributed by atoms with Gasteiger partial charge in [-0.2, -0.15) is 0 Å². The zero-order valence-electron chi connectivity index (χ0n) is 17.4. The molecule has 4 nitrogen and oxygen atoms in total. The summed E-state index contributed by atoms with van der Waals surface area (Å²) in [5.41, 5.74) is 4.30. The Labute approximate surface area is 172 Å². The number of rotatable bonds is 9. The molecule has 0 unspecified atom stereocenters. The van der Waals surface area contributed by atoms with Gasteiger partial charge in [0, 0.05) is 12.5 Å². The Hall–Kier alpha value is -3.01. The molecule has 154 valence electrons. The number of aryl methyl sites for hydroxylation is 1. The van der Waals surface area contributed by atoms with E-state index in [1.54, 1.807) is 30.3 Å². The number of carbonyl (C=O) groups excluding carboxylic acids is 1. The summed E-state index contributed by atoms with van der Waals surface area (Å²) in [5, 5.41) is 29.6. The molecule has 0 saturated heterocycles. The van der Waals surface area contributed by atoms with Crippen LogP contribution in [0, 0.1) is 0 Å². The van der Waals surface area contributed by atoms with Gasteiger partial charge in [0.25, 0.3) is 0 Å². The predicted octanol–water partition coefficient (Wildman–Crippen LogP) is 5.85. The van der Waals surface area contributed by atoms with Crippen LogP contribution in [0.2, 0.25) is 0 Å². The summed E-state index contributed by atoms with van der Waals surface area (Å²) in [6.45, 7) is 6.21. The number of phenolic OH excluding ortho intramolecular Hbond substituents is 3. The van der Waals surface area contributed by atoms with Gasteiger partial charge in [-0.1, -0.05) is 35.4 Å². The van der Waals surface area contributed by atoms with Gasteiger partial charge in [0.15, 0.2) is 5.78 Å². The highest BCUT2D eigenvalue weighted by atomic mass is 16.3. The van der Waals surface area contributed by atoms with Crippen LogP contribution in [0.25, 0.3) is 0 Å². The number of benzene rings is 2. The quantitative estimate of drug-likeness (QED) is 0.368. The lowest BCUT2D eigenvalue weighted by Crippen LogP contribution is -2.03. The van der Waals surface area contributed by atoms with E-state index in [2.05, 4.69) is 32.9 Å². The number of Topliss-reactive ketones (excluding diaryl/α,β-unsaturated/α-hetero) is 1. The molecule has 0 saturated carbocycles. The number of allylic oxidation sites excluding steroid dienone is 4. The fourth-order valence-electron chi connectivity index (χ4n) is 3.04. The summed E-state index contributed by atoms with van der Waals surface area (Å²) >= 11 is 0. The van der Waals surface area contributed by atoms with Crippen molar-refractivity contribution in [2.24, 2.45) is 0 Å². The molecule has 4 heteroatoms. The van der Waals surface area contributed by atoms with E-state index >= 15 is 0 Å². The van der Waals surface area contributed by atoms with Crippen LogP contribution in [0.3, 0.4) is 0 Å². The van der Waals surface area contributed by atoms with Crippen LogP contribution in [0.5, 0.6) is 17.2 Å². The summed E-state index contributed by atoms with van der Waals surface area (Å²) in [6.07, 6.45) is 7.43. The maximum Gasteiger partial charge on any atom is 0.166 e. The summed E-state index contributed by atoms with van der Waals surface area (Å²) in [6, 6.07) is 9.55. The topological polar surface area (TPSA) is 77.8 Å². The fraction of sp³-hybridized carbons (Fsp3) is 0.320. The van der Waals surface area contributed by atoms with E-state index in [1.165, 1.54) is 17.2 Å². The second-order valence-electron chi connectivity index (χ2n) is 7.66. The molecule has 0 spiro atoms. The minimum atomic E-state index is -0.203. The predicted molar refractivity (Wildman–Crippen MR) is 117 cm³/mol. The smallest absolute Gasteiger partial charge is 0.166 e. The molecule has 2 aromatic rings. The van der Waals surface area contributed by atoms with Gasteiger partial charge in [0.2, 0.25) is 0 Å². The van der Waals surface area contributed by atoms with Gasteiger partial charge in [0.1, 0.15) is 17.2 Å². The second-order valence-corrected chi connectivity index (χ2v) is 7.66. The van der Waals surface area contributed by atoms with Gasteiger partial charge >= 0.3 is 0 Å². The zero-order valence-corrected chi connectivity index (χ0v) is 17.4. The molecule has 0 aliphatic rings. The molecule has 0 aliphatic heterocycles. The zero-order chi connectivity index (χ0) is 21.4. The van der Waals surface area contributed by atoms with Crippen molar-refractivity contribution >= 4 is 5.78 Å². The van der Waals surface area contributed by atoms with Crippen molar-refractivity contribution in [2.45, 2.75) is 52.9 Å². The van der Waals surface area contributed by atoms with Crippen molar-refractivity contribution < 1.29 is 20.1 Å². The first-order valence-electron chi connectivity index (χ1n) is 9.91.